The van der Waals surface area contributed by atoms with E-state index in [2.05, 4.69) is 5.32 Å². The monoisotopic (exact) mass is 697 g/mol. The third-order valence-corrected chi connectivity index (χ3v) is 11.0. The lowest BCUT2D eigenvalue weighted by molar-refractivity contribution is -0.140. The second-order valence-corrected chi connectivity index (χ2v) is 14.3. The molecule has 0 unspecified atom stereocenters. The van der Waals surface area contributed by atoms with E-state index in [4.69, 9.17) is 34.8 Å². The van der Waals surface area contributed by atoms with E-state index in [1.807, 2.05) is 30.3 Å². The van der Waals surface area contributed by atoms with Crippen LogP contribution >= 0.6 is 34.8 Å². The van der Waals surface area contributed by atoms with Gasteiger partial charge in [-0.15, -0.1) is 0 Å². The standard InChI is InChI=1S/C35H34Cl3N3O4S/c36-29-19-10-7-14-26(29)23-40(32(22-25-12-3-1-4-13-25)35(43)39-27-15-8-9-16-27)33(42)24-41(31-21-11-20-30(37)34(31)38)46(44,45)28-17-5-2-6-18-28/h1-7,10-14,17-21,27,32H,8-9,15-16,22-24H2,(H,39,43)/t32-/m0/s1. The Morgan fingerprint density at radius 2 is 1.39 bits per heavy atom. The summed E-state index contributed by atoms with van der Waals surface area (Å²) in [6, 6.07) is 27.9. The average molecular weight is 699 g/mol. The Bertz CT molecular complexity index is 1770. The first-order valence-electron chi connectivity index (χ1n) is 15.0. The smallest absolute Gasteiger partial charge is 0.264 e. The molecule has 240 valence electrons. The Kier molecular flexibility index (Phi) is 11.3. The maximum atomic E-state index is 14.6. The molecule has 0 bridgehead atoms. The van der Waals surface area contributed by atoms with Crippen LogP contribution in [0.25, 0.3) is 0 Å². The van der Waals surface area contributed by atoms with Crippen LogP contribution in [0.2, 0.25) is 15.1 Å². The first-order valence-corrected chi connectivity index (χ1v) is 17.6. The molecule has 0 heterocycles. The largest absolute Gasteiger partial charge is 0.352 e. The van der Waals surface area contributed by atoms with Gasteiger partial charge in [0.15, 0.2) is 0 Å². The van der Waals surface area contributed by atoms with Gasteiger partial charge in [0, 0.05) is 24.0 Å². The van der Waals surface area contributed by atoms with Crippen molar-refractivity contribution >= 4 is 62.3 Å². The lowest BCUT2D eigenvalue weighted by Gasteiger charge is -2.34. The van der Waals surface area contributed by atoms with Crippen molar-refractivity contribution in [3.05, 3.63) is 129 Å². The Labute approximate surface area is 285 Å². The minimum Gasteiger partial charge on any atom is -0.352 e. The van der Waals surface area contributed by atoms with E-state index in [1.54, 1.807) is 48.5 Å². The predicted octanol–water partition coefficient (Wildman–Crippen LogP) is 7.54. The molecule has 7 nitrogen and oxygen atoms in total. The van der Waals surface area contributed by atoms with Gasteiger partial charge in [0.2, 0.25) is 11.8 Å². The first-order chi connectivity index (χ1) is 22.1. The fourth-order valence-corrected chi connectivity index (χ4v) is 7.74. The number of amides is 2. The molecule has 0 aliphatic heterocycles. The molecule has 0 radical (unpaired) electrons. The molecule has 4 aromatic carbocycles. The summed E-state index contributed by atoms with van der Waals surface area (Å²) in [5, 5.41) is 3.69. The fourth-order valence-electron chi connectivity index (χ4n) is 5.65. The molecule has 0 saturated heterocycles. The van der Waals surface area contributed by atoms with Crippen LogP contribution in [0, 0.1) is 0 Å². The summed E-state index contributed by atoms with van der Waals surface area (Å²) in [5.41, 5.74) is 1.50. The highest BCUT2D eigenvalue weighted by molar-refractivity contribution is 7.92. The summed E-state index contributed by atoms with van der Waals surface area (Å²) in [6.07, 6.45) is 3.96. The third-order valence-electron chi connectivity index (χ3n) is 8.08. The van der Waals surface area contributed by atoms with Gasteiger partial charge in [0.25, 0.3) is 10.0 Å². The number of halogens is 3. The maximum Gasteiger partial charge on any atom is 0.264 e. The van der Waals surface area contributed by atoms with Crippen molar-refractivity contribution in [2.75, 3.05) is 10.8 Å². The van der Waals surface area contributed by atoms with Gasteiger partial charge < -0.3 is 10.2 Å². The number of rotatable bonds is 12. The van der Waals surface area contributed by atoms with Crippen molar-refractivity contribution in [3.63, 3.8) is 0 Å². The van der Waals surface area contributed by atoms with Crippen LogP contribution in [-0.2, 0) is 32.6 Å². The molecule has 0 spiro atoms. The van der Waals surface area contributed by atoms with Gasteiger partial charge in [-0.25, -0.2) is 8.42 Å². The molecular weight excluding hydrogens is 665 g/mol. The van der Waals surface area contributed by atoms with E-state index in [1.165, 1.54) is 29.2 Å². The van der Waals surface area contributed by atoms with Gasteiger partial charge in [-0.3, -0.25) is 13.9 Å². The zero-order valence-electron chi connectivity index (χ0n) is 25.0. The summed E-state index contributed by atoms with van der Waals surface area (Å²) in [5.74, 6) is -0.924. The lowest BCUT2D eigenvalue weighted by atomic mass is 10.0. The van der Waals surface area contributed by atoms with Crippen molar-refractivity contribution in [1.29, 1.82) is 0 Å². The molecule has 4 aromatic rings. The van der Waals surface area contributed by atoms with Crippen molar-refractivity contribution in [2.45, 2.75) is 55.6 Å². The Hall–Kier alpha value is -3.56. The fraction of sp³-hybridized carbons (Fsp3) is 0.257. The van der Waals surface area contributed by atoms with E-state index < -0.39 is 28.5 Å². The Balaban J connectivity index is 1.59. The molecule has 1 atom stereocenters. The van der Waals surface area contributed by atoms with Crippen molar-refractivity contribution in [3.8, 4) is 0 Å². The summed E-state index contributed by atoms with van der Waals surface area (Å²) in [7, 11) is -4.31. The number of nitrogens with zero attached hydrogens (tertiary/aromatic N) is 2. The van der Waals surface area contributed by atoms with Crippen LogP contribution in [0.3, 0.4) is 0 Å². The highest BCUT2D eigenvalue weighted by Crippen LogP contribution is 2.36. The highest BCUT2D eigenvalue weighted by Gasteiger charge is 2.36. The molecule has 1 saturated carbocycles. The molecule has 11 heteroatoms. The zero-order chi connectivity index (χ0) is 32.7. The van der Waals surface area contributed by atoms with Crippen molar-refractivity contribution < 1.29 is 18.0 Å². The highest BCUT2D eigenvalue weighted by atomic mass is 35.5. The van der Waals surface area contributed by atoms with Gasteiger partial charge in [-0.05, 0) is 54.3 Å². The lowest BCUT2D eigenvalue weighted by Crippen LogP contribution is -2.54. The minimum atomic E-state index is -4.31. The number of hydrogen-bond acceptors (Lipinski definition) is 4. The molecule has 46 heavy (non-hydrogen) atoms. The molecule has 1 N–H and O–H groups in total. The van der Waals surface area contributed by atoms with Gasteiger partial charge >= 0.3 is 0 Å². The van der Waals surface area contributed by atoms with Gasteiger partial charge in [-0.2, -0.15) is 0 Å². The maximum absolute atomic E-state index is 14.6. The summed E-state index contributed by atoms with van der Waals surface area (Å²) < 4.78 is 29.2. The van der Waals surface area contributed by atoms with Gasteiger partial charge in [0.1, 0.15) is 12.6 Å². The topological polar surface area (TPSA) is 86.8 Å². The van der Waals surface area contributed by atoms with Crippen LogP contribution in [0.4, 0.5) is 5.69 Å². The van der Waals surface area contributed by atoms with Crippen LogP contribution in [0.15, 0.2) is 108 Å². The minimum absolute atomic E-state index is 0.00302. The van der Waals surface area contributed by atoms with E-state index in [9.17, 15) is 18.0 Å². The summed E-state index contributed by atoms with van der Waals surface area (Å²) in [6.45, 7) is -0.680. The normalized spacial score (nSPS) is 14.1. The van der Waals surface area contributed by atoms with Gasteiger partial charge in [0.05, 0.1) is 20.6 Å². The van der Waals surface area contributed by atoms with E-state index in [-0.39, 0.29) is 45.5 Å². The number of hydrogen-bond donors (Lipinski definition) is 1. The predicted molar refractivity (Wildman–Crippen MR) is 184 cm³/mol. The molecule has 1 aliphatic rings. The molecule has 1 aliphatic carbocycles. The zero-order valence-corrected chi connectivity index (χ0v) is 28.1. The van der Waals surface area contributed by atoms with Crippen molar-refractivity contribution in [1.82, 2.24) is 10.2 Å². The van der Waals surface area contributed by atoms with Crippen LogP contribution in [0.1, 0.15) is 36.8 Å². The van der Waals surface area contributed by atoms with Crippen LogP contribution in [0.5, 0.6) is 0 Å². The third kappa shape index (κ3) is 8.04. The number of sulfonamides is 1. The van der Waals surface area contributed by atoms with E-state index in [0.29, 0.717) is 10.6 Å². The van der Waals surface area contributed by atoms with E-state index >= 15 is 0 Å². The number of carbonyl (C=O) groups is 2. The summed E-state index contributed by atoms with van der Waals surface area (Å²) in [4.78, 5) is 30.1. The van der Waals surface area contributed by atoms with Gasteiger partial charge in [-0.1, -0.05) is 120 Å². The van der Waals surface area contributed by atoms with E-state index in [0.717, 1.165) is 35.6 Å². The quantitative estimate of drug-likeness (QED) is 0.166. The number of anilines is 1. The number of benzene rings is 4. The second-order valence-electron chi connectivity index (χ2n) is 11.2. The first kappa shape index (κ1) is 33.8. The van der Waals surface area contributed by atoms with Crippen LogP contribution in [-0.4, -0.2) is 43.8 Å². The molecule has 2 amide bonds. The Morgan fingerprint density at radius 1 is 0.783 bits per heavy atom. The molecular formula is C35H34Cl3N3O4S. The SMILES string of the molecule is O=C(NC1CCCC1)[C@H](Cc1ccccc1)N(Cc1ccccc1Cl)C(=O)CN(c1cccc(Cl)c1Cl)S(=O)(=O)c1ccccc1. The molecule has 0 aromatic heterocycles. The average Bonchev–Trinajstić information content (AvgIpc) is 3.57. The van der Waals surface area contributed by atoms with Crippen LogP contribution < -0.4 is 9.62 Å². The number of carbonyl (C=O) groups excluding carboxylic acids is 2. The second kappa shape index (κ2) is 15.4. The van der Waals surface area contributed by atoms with Crippen molar-refractivity contribution in [2.24, 2.45) is 0 Å². The summed E-state index contributed by atoms with van der Waals surface area (Å²) >= 11 is 19.5. The number of nitrogens with one attached hydrogen (secondary N) is 1. The molecule has 5 rings (SSSR count). The Morgan fingerprint density at radius 3 is 2.07 bits per heavy atom. The molecule has 1 fully saturated rings.